The number of H-pyrrole nitrogens is 1. The van der Waals surface area contributed by atoms with Crippen molar-refractivity contribution in [2.45, 2.75) is 87.9 Å². The molecule has 4 aromatic rings. The molecule has 0 radical (unpaired) electrons. The highest BCUT2D eigenvalue weighted by atomic mass is 19.4. The molecule has 5 N–H and O–H groups in total. The van der Waals surface area contributed by atoms with Crippen molar-refractivity contribution < 1.29 is 60.0 Å². The minimum absolute atomic E-state index is 0.00938. The molecule has 0 amide bonds. The van der Waals surface area contributed by atoms with Crippen LogP contribution in [0.4, 0.5) is 40.8 Å². The van der Waals surface area contributed by atoms with Gasteiger partial charge in [-0.05, 0) is 53.5 Å². The minimum Gasteiger partial charge on any atom is -0.505 e. The van der Waals surface area contributed by atoms with E-state index in [4.69, 9.17) is 4.74 Å². The van der Waals surface area contributed by atoms with E-state index in [1.807, 2.05) is 0 Å². The summed E-state index contributed by atoms with van der Waals surface area (Å²) in [4.78, 5) is 10.7. The number of carbonyl (C=O) groups excluding carboxylic acids is 1. The molecule has 1 heterocycles. The van der Waals surface area contributed by atoms with E-state index in [-0.39, 0.29) is 22.4 Å². The number of methoxy groups -OCH3 is 1. The lowest BCUT2D eigenvalue weighted by Gasteiger charge is -2.49. The molecule has 3 aromatic carbocycles. The number of hydrogen-bond donors (Lipinski definition) is 5. The van der Waals surface area contributed by atoms with Crippen LogP contribution in [0.5, 0.6) is 11.5 Å². The molecule has 0 spiro atoms. The molecule has 278 valence electrons. The summed E-state index contributed by atoms with van der Waals surface area (Å²) in [7, 11) is 1.19. The first-order valence-corrected chi connectivity index (χ1v) is 15.4. The summed E-state index contributed by atoms with van der Waals surface area (Å²) in [6.07, 6.45) is -10.9. The lowest BCUT2D eigenvalue weighted by Crippen LogP contribution is -2.58. The zero-order valence-corrected chi connectivity index (χ0v) is 28.3. The van der Waals surface area contributed by atoms with E-state index < -0.39 is 76.9 Å². The Kier molecular flexibility index (Phi) is 10.2. The topological polar surface area (TPSA) is 128 Å². The summed E-state index contributed by atoms with van der Waals surface area (Å²) >= 11 is 0. The van der Waals surface area contributed by atoms with Gasteiger partial charge in [-0.3, -0.25) is 9.89 Å². The number of fused-ring (bicyclic) bond motifs is 2. The minimum atomic E-state index is -5.12. The highest BCUT2D eigenvalue weighted by Crippen LogP contribution is 2.57. The van der Waals surface area contributed by atoms with Crippen LogP contribution in [0, 0.1) is 18.6 Å². The number of halogens is 8. The fraction of sp³-hybridized carbons (Fsp3) is 0.429. The summed E-state index contributed by atoms with van der Waals surface area (Å²) in [6, 6.07) is 7.70. The fourth-order valence-electron chi connectivity index (χ4n) is 6.81. The Morgan fingerprint density at radius 2 is 1.69 bits per heavy atom. The van der Waals surface area contributed by atoms with Gasteiger partial charge in [0.15, 0.2) is 35.0 Å². The number of phenols is 1. The Morgan fingerprint density at radius 3 is 2.25 bits per heavy atom. The predicted octanol–water partition coefficient (Wildman–Crippen LogP) is 7.84. The molecular formula is C35H37F8N3O5. The van der Waals surface area contributed by atoms with Crippen LogP contribution in [0.15, 0.2) is 48.7 Å². The fourth-order valence-corrected chi connectivity index (χ4v) is 6.81. The SMILES string of the molecule is COc1c(F)cccc1C(C)(C)CC(O)(C=O)C(F)(F)F.Cc1ccc2[nH]ncc2c1NC1c2ccc(F)c(O)c2C(C)(C)CC1(O)C(F)(F)F. The van der Waals surface area contributed by atoms with Crippen molar-refractivity contribution in [2.24, 2.45) is 0 Å². The number of rotatable bonds is 7. The van der Waals surface area contributed by atoms with Crippen molar-refractivity contribution in [1.29, 1.82) is 0 Å². The second-order valence-corrected chi connectivity index (χ2v) is 13.9. The van der Waals surface area contributed by atoms with Crippen molar-refractivity contribution in [1.82, 2.24) is 10.2 Å². The van der Waals surface area contributed by atoms with Gasteiger partial charge in [-0.15, -0.1) is 0 Å². The number of aryl methyl sites for hydroxylation is 1. The number of para-hydroxylation sites is 1. The number of aromatic nitrogens is 2. The van der Waals surface area contributed by atoms with Crippen LogP contribution in [0.25, 0.3) is 10.9 Å². The van der Waals surface area contributed by atoms with E-state index in [0.717, 1.165) is 12.1 Å². The Labute approximate surface area is 287 Å². The quantitative estimate of drug-likeness (QED) is 0.0969. The molecule has 1 aromatic heterocycles. The maximum Gasteiger partial charge on any atom is 0.424 e. The van der Waals surface area contributed by atoms with E-state index in [1.54, 1.807) is 19.1 Å². The van der Waals surface area contributed by atoms with Gasteiger partial charge in [-0.2, -0.15) is 31.4 Å². The smallest absolute Gasteiger partial charge is 0.424 e. The van der Waals surface area contributed by atoms with Gasteiger partial charge in [-0.25, -0.2) is 8.78 Å². The third-order valence-electron chi connectivity index (χ3n) is 9.25. The van der Waals surface area contributed by atoms with E-state index in [0.29, 0.717) is 22.2 Å². The average molecular weight is 732 g/mol. The number of hydrogen-bond acceptors (Lipinski definition) is 7. The largest absolute Gasteiger partial charge is 0.505 e. The molecule has 16 heteroatoms. The summed E-state index contributed by atoms with van der Waals surface area (Å²) in [6.45, 7) is 7.34. The Balaban J connectivity index is 0.000000245. The number of nitrogens with one attached hydrogen (secondary N) is 2. The number of aromatic amines is 1. The molecule has 3 unspecified atom stereocenters. The van der Waals surface area contributed by atoms with Gasteiger partial charge in [0, 0.05) is 28.6 Å². The summed E-state index contributed by atoms with van der Waals surface area (Å²) in [5, 5.41) is 41.0. The first-order chi connectivity index (χ1) is 23.3. The van der Waals surface area contributed by atoms with Crippen LogP contribution in [0.3, 0.4) is 0 Å². The van der Waals surface area contributed by atoms with Crippen LogP contribution >= 0.6 is 0 Å². The highest BCUT2D eigenvalue weighted by molar-refractivity contribution is 5.93. The van der Waals surface area contributed by atoms with Crippen molar-refractivity contribution in [3.63, 3.8) is 0 Å². The molecule has 8 nitrogen and oxygen atoms in total. The molecule has 0 fully saturated rings. The van der Waals surface area contributed by atoms with Crippen molar-refractivity contribution >= 4 is 22.9 Å². The third kappa shape index (κ3) is 7.07. The number of alkyl halides is 6. The number of ether oxygens (including phenoxy) is 1. The number of nitrogens with zero attached hydrogens (tertiary/aromatic N) is 1. The average Bonchev–Trinajstić information content (AvgIpc) is 3.49. The number of anilines is 1. The predicted molar refractivity (Wildman–Crippen MR) is 172 cm³/mol. The van der Waals surface area contributed by atoms with Gasteiger partial charge in [0.25, 0.3) is 0 Å². The van der Waals surface area contributed by atoms with Crippen LogP contribution < -0.4 is 10.1 Å². The molecule has 0 aliphatic heterocycles. The molecule has 1 aliphatic rings. The van der Waals surface area contributed by atoms with Crippen molar-refractivity contribution in [3.05, 3.63) is 82.5 Å². The summed E-state index contributed by atoms with van der Waals surface area (Å²) in [5.74, 6) is -2.57. The van der Waals surface area contributed by atoms with Crippen LogP contribution in [0.2, 0.25) is 0 Å². The summed E-state index contributed by atoms with van der Waals surface area (Å²) < 4.78 is 114. The maximum absolute atomic E-state index is 14.2. The maximum atomic E-state index is 14.2. The Morgan fingerprint density at radius 1 is 1.04 bits per heavy atom. The van der Waals surface area contributed by atoms with Gasteiger partial charge >= 0.3 is 12.4 Å². The van der Waals surface area contributed by atoms with Gasteiger partial charge in [0.1, 0.15) is 0 Å². The molecule has 1 aliphatic carbocycles. The number of aromatic hydroxyl groups is 1. The molecular weight excluding hydrogens is 694 g/mol. The first-order valence-electron chi connectivity index (χ1n) is 15.4. The number of benzene rings is 3. The first kappa shape index (κ1) is 39.3. The van der Waals surface area contributed by atoms with Gasteiger partial charge in [-0.1, -0.05) is 52.0 Å². The summed E-state index contributed by atoms with van der Waals surface area (Å²) in [5.41, 5.74) is -7.56. The monoisotopic (exact) mass is 731 g/mol. The standard InChI is InChI=1S/C21H21F4N3O2.C14H16F4O3/c1-10-4-7-14-12(8-26-28-14)16(10)27-18-11-5-6-13(22)17(29)15(11)19(2,3)9-20(18,30)21(23,24)25;1-12(2,7-13(20,8-19)14(16,17)18)9-5-4-6-10(15)11(9)21-3/h4-8,18,27,29-30H,9H2,1-3H3,(H,26,28);4-6,8,20H,7H2,1-3H3. The van der Waals surface area contributed by atoms with Gasteiger partial charge in [0.05, 0.1) is 24.9 Å². The molecule has 0 bridgehead atoms. The second kappa shape index (κ2) is 13.3. The van der Waals surface area contributed by atoms with Gasteiger partial charge in [0.2, 0.25) is 5.60 Å². The molecule has 51 heavy (non-hydrogen) atoms. The molecule has 3 atom stereocenters. The van der Waals surface area contributed by atoms with Crippen molar-refractivity contribution in [3.8, 4) is 11.5 Å². The zero-order valence-electron chi connectivity index (χ0n) is 28.3. The van der Waals surface area contributed by atoms with Crippen LogP contribution in [0.1, 0.15) is 68.8 Å². The zero-order chi connectivity index (χ0) is 38.5. The van der Waals surface area contributed by atoms with Crippen LogP contribution in [-0.2, 0) is 15.6 Å². The van der Waals surface area contributed by atoms with E-state index in [1.165, 1.54) is 59.2 Å². The highest BCUT2D eigenvalue weighted by Gasteiger charge is 2.64. The number of carbonyl (C=O) groups is 1. The van der Waals surface area contributed by atoms with Crippen LogP contribution in [-0.4, -0.2) is 62.5 Å². The van der Waals surface area contributed by atoms with E-state index in [9.17, 15) is 55.2 Å². The molecule has 0 saturated heterocycles. The second-order valence-electron chi connectivity index (χ2n) is 13.9. The molecule has 0 saturated carbocycles. The van der Waals surface area contributed by atoms with Crippen molar-refractivity contribution in [2.75, 3.05) is 12.4 Å². The number of phenolic OH excluding ortho intramolecular Hbond substituents is 1. The van der Waals surface area contributed by atoms with E-state index in [2.05, 4.69) is 15.5 Å². The lowest BCUT2D eigenvalue weighted by atomic mass is 9.63. The van der Waals surface area contributed by atoms with E-state index >= 15 is 0 Å². The lowest BCUT2D eigenvalue weighted by molar-refractivity contribution is -0.276. The number of aliphatic hydroxyl groups is 2. The number of aldehydes is 1. The Hall–Kier alpha value is -4.44. The molecule has 5 rings (SSSR count). The Bertz CT molecular complexity index is 1920. The third-order valence-corrected chi connectivity index (χ3v) is 9.25. The van der Waals surface area contributed by atoms with Gasteiger partial charge < -0.3 is 25.4 Å². The normalized spacial score (nSPS) is 20.1.